The van der Waals surface area contributed by atoms with Crippen LogP contribution in [-0.2, 0) is 14.8 Å². The first kappa shape index (κ1) is 18.7. The average Bonchev–Trinajstić information content (AvgIpc) is 3.04. The zero-order valence-electron chi connectivity index (χ0n) is 13.6. The lowest BCUT2D eigenvalue weighted by Crippen LogP contribution is -2.41. The third-order valence-electron chi connectivity index (χ3n) is 3.51. The molecule has 0 aliphatic carbocycles. The number of carbonyl (C=O) groups excluding carboxylic acids is 1. The summed E-state index contributed by atoms with van der Waals surface area (Å²) < 4.78 is 33.0. The highest BCUT2D eigenvalue weighted by Gasteiger charge is 2.36. The third kappa shape index (κ3) is 4.46. The number of hydrogen-bond acceptors (Lipinski definition) is 5. The molecule has 9 heteroatoms. The van der Waals surface area contributed by atoms with Crippen molar-refractivity contribution in [2.45, 2.75) is 43.0 Å². The Labute approximate surface area is 149 Å². The minimum Gasteiger partial charge on any atom is -0.444 e. The van der Waals surface area contributed by atoms with Crippen molar-refractivity contribution in [3.63, 3.8) is 0 Å². The van der Waals surface area contributed by atoms with Crippen LogP contribution in [-0.4, -0.2) is 55.5 Å². The van der Waals surface area contributed by atoms with E-state index in [-0.39, 0.29) is 6.04 Å². The van der Waals surface area contributed by atoms with E-state index in [9.17, 15) is 13.2 Å². The topological polar surface area (TPSA) is 66.9 Å². The van der Waals surface area contributed by atoms with E-state index >= 15 is 0 Å². The van der Waals surface area contributed by atoms with Gasteiger partial charge in [-0.25, -0.2) is 13.2 Å². The minimum atomic E-state index is -3.54. The van der Waals surface area contributed by atoms with Gasteiger partial charge in [-0.1, -0.05) is 0 Å². The summed E-state index contributed by atoms with van der Waals surface area (Å²) in [6.45, 7) is 6.27. The van der Waals surface area contributed by atoms with Gasteiger partial charge in [0.1, 0.15) is 9.81 Å². The second-order valence-electron chi connectivity index (χ2n) is 6.45. The van der Waals surface area contributed by atoms with Crippen LogP contribution < -0.4 is 0 Å². The number of likely N-dealkylation sites (N-methyl/N-ethyl adjacent to an activating group) is 1. The van der Waals surface area contributed by atoms with Crippen LogP contribution in [0.2, 0.25) is 0 Å². The molecule has 6 nitrogen and oxygen atoms in total. The summed E-state index contributed by atoms with van der Waals surface area (Å²) in [6.07, 6.45) is 0.200. The first-order valence-corrected chi connectivity index (χ1v) is 10.3. The summed E-state index contributed by atoms with van der Waals surface area (Å²) in [5.41, 5.74) is -0.559. The molecule has 23 heavy (non-hydrogen) atoms. The molecule has 2 heterocycles. The number of sulfonamides is 1. The summed E-state index contributed by atoms with van der Waals surface area (Å²) >= 11 is 4.46. The summed E-state index contributed by atoms with van der Waals surface area (Å²) in [5, 5.41) is 0. The number of ether oxygens (including phenoxy) is 1. The Balaban J connectivity index is 2.05. The second kappa shape index (κ2) is 6.70. The Hall–Kier alpha value is -0.640. The fourth-order valence-corrected chi connectivity index (χ4v) is 5.88. The first-order valence-electron chi connectivity index (χ1n) is 7.22. The number of thiophene rings is 1. The van der Waals surface area contributed by atoms with Crippen molar-refractivity contribution in [3.8, 4) is 0 Å². The van der Waals surface area contributed by atoms with Crippen molar-refractivity contribution < 1.29 is 17.9 Å². The standard InChI is InChI=1S/C14H21BrN2O4S2/c1-14(2,3)21-13(18)17-8-7-10(9-17)16(4)23(19,20)12-6-5-11(15)22-12/h5-6,10H,7-9H2,1-4H3/t10-/m1/s1. The van der Waals surface area contributed by atoms with E-state index in [1.807, 2.05) is 20.8 Å². The van der Waals surface area contributed by atoms with Crippen molar-refractivity contribution in [1.82, 2.24) is 9.21 Å². The van der Waals surface area contributed by atoms with Gasteiger partial charge in [0.15, 0.2) is 0 Å². The van der Waals surface area contributed by atoms with Crippen molar-refractivity contribution in [3.05, 3.63) is 15.9 Å². The highest BCUT2D eigenvalue weighted by molar-refractivity contribution is 9.11. The smallest absolute Gasteiger partial charge is 0.410 e. The number of nitrogens with zero attached hydrogens (tertiary/aromatic N) is 2. The number of halogens is 1. The van der Waals surface area contributed by atoms with Crippen LogP contribution in [0.25, 0.3) is 0 Å². The van der Waals surface area contributed by atoms with Crippen LogP contribution in [0.5, 0.6) is 0 Å². The maximum Gasteiger partial charge on any atom is 0.410 e. The molecule has 1 saturated heterocycles. The van der Waals surface area contributed by atoms with E-state index in [0.717, 1.165) is 3.79 Å². The summed E-state index contributed by atoms with van der Waals surface area (Å²) in [6, 6.07) is 3.06. The monoisotopic (exact) mass is 424 g/mol. The number of amides is 1. The Morgan fingerprint density at radius 3 is 2.61 bits per heavy atom. The second-order valence-corrected chi connectivity index (χ2v) is 11.1. The van der Waals surface area contributed by atoms with E-state index in [1.165, 1.54) is 15.6 Å². The lowest BCUT2D eigenvalue weighted by atomic mass is 10.2. The van der Waals surface area contributed by atoms with Gasteiger partial charge in [-0.2, -0.15) is 4.31 Å². The van der Waals surface area contributed by atoms with Gasteiger partial charge in [0.05, 0.1) is 3.79 Å². The van der Waals surface area contributed by atoms with E-state index in [0.29, 0.717) is 23.7 Å². The quantitative estimate of drug-likeness (QED) is 0.747. The lowest BCUT2D eigenvalue weighted by Gasteiger charge is -2.26. The van der Waals surface area contributed by atoms with Crippen LogP contribution in [0.3, 0.4) is 0 Å². The molecule has 1 aromatic heterocycles. The van der Waals surface area contributed by atoms with Gasteiger partial charge in [-0.15, -0.1) is 11.3 Å². The maximum atomic E-state index is 12.6. The molecule has 0 N–H and O–H groups in total. The van der Waals surface area contributed by atoms with E-state index in [1.54, 1.807) is 24.1 Å². The van der Waals surface area contributed by atoms with E-state index in [4.69, 9.17) is 4.74 Å². The van der Waals surface area contributed by atoms with Crippen molar-refractivity contribution in [2.75, 3.05) is 20.1 Å². The van der Waals surface area contributed by atoms with Gasteiger partial charge < -0.3 is 9.64 Å². The van der Waals surface area contributed by atoms with E-state index in [2.05, 4.69) is 15.9 Å². The number of carbonyl (C=O) groups is 1. The minimum absolute atomic E-state index is 0.242. The van der Waals surface area contributed by atoms with Gasteiger partial charge in [-0.05, 0) is 55.3 Å². The van der Waals surface area contributed by atoms with Crippen LogP contribution in [0.1, 0.15) is 27.2 Å². The summed E-state index contributed by atoms with van der Waals surface area (Å²) in [7, 11) is -1.98. The molecule has 1 aliphatic rings. The Morgan fingerprint density at radius 1 is 1.43 bits per heavy atom. The van der Waals surface area contributed by atoms with Gasteiger partial charge in [0.25, 0.3) is 10.0 Å². The van der Waals surface area contributed by atoms with Crippen LogP contribution >= 0.6 is 27.3 Å². The zero-order valence-corrected chi connectivity index (χ0v) is 16.8. The Bertz CT molecular complexity index is 681. The molecule has 0 saturated carbocycles. The number of rotatable bonds is 3. The van der Waals surface area contributed by atoms with Gasteiger partial charge >= 0.3 is 6.09 Å². The summed E-state index contributed by atoms with van der Waals surface area (Å²) in [5.74, 6) is 0. The molecule has 2 rings (SSSR count). The third-order valence-corrected chi connectivity index (χ3v) is 7.51. The lowest BCUT2D eigenvalue weighted by molar-refractivity contribution is 0.0287. The molecule has 0 bridgehead atoms. The molecule has 0 radical (unpaired) electrons. The fourth-order valence-electron chi connectivity index (χ4n) is 2.31. The molecule has 1 aliphatic heterocycles. The predicted octanol–water partition coefficient (Wildman–Crippen LogP) is 3.14. The molecule has 1 amide bonds. The Kier molecular flexibility index (Phi) is 5.44. The van der Waals surface area contributed by atoms with Gasteiger partial charge in [-0.3, -0.25) is 0 Å². The molecule has 1 atom stereocenters. The maximum absolute atomic E-state index is 12.6. The van der Waals surface area contributed by atoms with E-state index < -0.39 is 21.7 Å². The summed E-state index contributed by atoms with van der Waals surface area (Å²) in [4.78, 5) is 13.6. The highest BCUT2D eigenvalue weighted by atomic mass is 79.9. The normalized spacial score (nSPS) is 19.4. The van der Waals surface area contributed by atoms with Crippen LogP contribution in [0.4, 0.5) is 4.79 Å². The average molecular weight is 425 g/mol. The Morgan fingerprint density at radius 2 is 2.09 bits per heavy atom. The molecule has 0 spiro atoms. The highest BCUT2D eigenvalue weighted by Crippen LogP contribution is 2.30. The van der Waals surface area contributed by atoms with Crippen LogP contribution in [0.15, 0.2) is 20.1 Å². The first-order chi connectivity index (χ1) is 10.5. The molecule has 0 unspecified atom stereocenters. The fraction of sp³-hybridized carbons (Fsp3) is 0.643. The molecule has 130 valence electrons. The SMILES string of the molecule is CN([C@@H]1CCN(C(=O)OC(C)(C)C)C1)S(=O)(=O)c1ccc(Br)s1. The molecular weight excluding hydrogens is 404 g/mol. The number of likely N-dealkylation sites (tertiary alicyclic amines) is 1. The van der Waals surface area contributed by atoms with Crippen molar-refractivity contribution in [2.24, 2.45) is 0 Å². The molecular formula is C14H21BrN2O4S2. The molecule has 0 aromatic carbocycles. The largest absolute Gasteiger partial charge is 0.444 e. The molecule has 1 aromatic rings. The van der Waals surface area contributed by atoms with Gasteiger partial charge in [0, 0.05) is 26.2 Å². The van der Waals surface area contributed by atoms with Gasteiger partial charge in [0.2, 0.25) is 0 Å². The predicted molar refractivity (Wildman–Crippen MR) is 93.2 cm³/mol. The zero-order chi connectivity index (χ0) is 17.4. The number of hydrogen-bond donors (Lipinski definition) is 0. The van der Waals surface area contributed by atoms with Crippen molar-refractivity contribution >= 4 is 43.4 Å². The molecule has 1 fully saturated rings. The van der Waals surface area contributed by atoms with Crippen LogP contribution in [0, 0.1) is 0 Å². The van der Waals surface area contributed by atoms with Crippen molar-refractivity contribution in [1.29, 1.82) is 0 Å².